The Labute approximate surface area is 206 Å². The fraction of sp³-hybridized carbons (Fsp3) is 0.333. The fourth-order valence-corrected chi connectivity index (χ4v) is 4.71. The van der Waals surface area contributed by atoms with E-state index in [0.29, 0.717) is 23.1 Å². The predicted octanol–water partition coefficient (Wildman–Crippen LogP) is 5.21. The van der Waals surface area contributed by atoms with Crippen molar-refractivity contribution >= 4 is 45.2 Å². The van der Waals surface area contributed by atoms with Crippen LogP contribution in [-0.2, 0) is 11.3 Å². The summed E-state index contributed by atoms with van der Waals surface area (Å²) in [7, 11) is 0. The van der Waals surface area contributed by atoms with E-state index in [0.717, 1.165) is 26.9 Å². The van der Waals surface area contributed by atoms with Crippen molar-refractivity contribution in [1.29, 1.82) is 0 Å². The van der Waals surface area contributed by atoms with Gasteiger partial charge in [0, 0.05) is 16.6 Å². The molecule has 2 aromatic carbocycles. The molecule has 0 aliphatic carbocycles. The van der Waals surface area contributed by atoms with Crippen LogP contribution in [0.3, 0.4) is 0 Å². The SMILES string of the molecule is CCn1c(SCC(=O)Nc2cc(C)c(C)cc2Br)nnc1[C@@H](C)NC(=O)c1cccc(C)c1. The quantitative estimate of drug-likeness (QED) is 0.391. The Morgan fingerprint density at radius 1 is 1.12 bits per heavy atom. The Morgan fingerprint density at radius 3 is 2.55 bits per heavy atom. The van der Waals surface area contributed by atoms with Crippen LogP contribution >= 0.6 is 27.7 Å². The van der Waals surface area contributed by atoms with Gasteiger partial charge in [-0.3, -0.25) is 9.59 Å². The zero-order chi connectivity index (χ0) is 24.1. The molecular weight excluding hydrogens is 502 g/mol. The van der Waals surface area contributed by atoms with Crippen molar-refractivity contribution in [3.63, 3.8) is 0 Å². The highest BCUT2D eigenvalue weighted by atomic mass is 79.9. The van der Waals surface area contributed by atoms with Crippen LogP contribution in [0, 0.1) is 20.8 Å². The average Bonchev–Trinajstić information content (AvgIpc) is 3.19. The smallest absolute Gasteiger partial charge is 0.251 e. The second-order valence-electron chi connectivity index (χ2n) is 7.90. The van der Waals surface area contributed by atoms with Gasteiger partial charge in [-0.25, -0.2) is 0 Å². The van der Waals surface area contributed by atoms with E-state index in [1.165, 1.54) is 11.8 Å². The molecule has 0 saturated carbocycles. The van der Waals surface area contributed by atoms with Gasteiger partial charge in [0.2, 0.25) is 5.91 Å². The molecule has 0 spiro atoms. The standard InChI is InChI=1S/C24H28BrN5O2S/c1-6-30-22(17(5)26-23(32)18-9-7-8-14(2)10-18)28-29-24(30)33-13-21(31)27-20-12-16(4)15(3)11-19(20)25/h7-12,17H,6,13H2,1-5H3,(H,26,32)(H,27,31)/t17-/m1/s1. The molecule has 174 valence electrons. The van der Waals surface area contributed by atoms with E-state index in [1.54, 1.807) is 6.07 Å². The zero-order valence-electron chi connectivity index (χ0n) is 19.4. The van der Waals surface area contributed by atoms with Crippen LogP contribution in [0.1, 0.15) is 52.8 Å². The lowest BCUT2D eigenvalue weighted by Gasteiger charge is -2.15. The first kappa shape index (κ1) is 25.0. The molecular formula is C24H28BrN5O2S. The second-order valence-corrected chi connectivity index (χ2v) is 9.70. The molecule has 0 aliphatic rings. The summed E-state index contributed by atoms with van der Waals surface area (Å²) in [6.07, 6.45) is 0. The minimum absolute atomic E-state index is 0.128. The van der Waals surface area contributed by atoms with Gasteiger partial charge in [-0.05, 0) is 85.9 Å². The van der Waals surface area contributed by atoms with Gasteiger partial charge in [-0.2, -0.15) is 0 Å². The number of thioether (sulfide) groups is 1. The van der Waals surface area contributed by atoms with Gasteiger partial charge in [-0.15, -0.1) is 10.2 Å². The van der Waals surface area contributed by atoms with Crippen molar-refractivity contribution < 1.29 is 9.59 Å². The third-order valence-electron chi connectivity index (χ3n) is 5.27. The van der Waals surface area contributed by atoms with Gasteiger partial charge in [0.1, 0.15) is 0 Å². The molecule has 0 radical (unpaired) electrons. The number of aryl methyl sites for hydroxylation is 3. The summed E-state index contributed by atoms with van der Waals surface area (Å²) in [6.45, 7) is 10.5. The van der Waals surface area contributed by atoms with Crippen molar-refractivity contribution in [3.05, 3.63) is 68.9 Å². The van der Waals surface area contributed by atoms with Crippen molar-refractivity contribution in [3.8, 4) is 0 Å². The molecule has 0 bridgehead atoms. The number of amides is 2. The van der Waals surface area contributed by atoms with E-state index in [9.17, 15) is 9.59 Å². The van der Waals surface area contributed by atoms with Crippen LogP contribution in [-0.4, -0.2) is 32.3 Å². The van der Waals surface area contributed by atoms with Crippen LogP contribution < -0.4 is 10.6 Å². The van der Waals surface area contributed by atoms with Crippen molar-refractivity contribution in [2.45, 2.75) is 52.4 Å². The fourth-order valence-electron chi connectivity index (χ4n) is 3.35. The van der Waals surface area contributed by atoms with E-state index in [4.69, 9.17) is 0 Å². The summed E-state index contributed by atoms with van der Waals surface area (Å²) >= 11 is 4.82. The van der Waals surface area contributed by atoms with Crippen LogP contribution in [0.4, 0.5) is 5.69 Å². The molecule has 3 aromatic rings. The lowest BCUT2D eigenvalue weighted by molar-refractivity contribution is -0.113. The molecule has 33 heavy (non-hydrogen) atoms. The van der Waals surface area contributed by atoms with Gasteiger partial charge in [0.15, 0.2) is 11.0 Å². The normalized spacial score (nSPS) is 11.8. The molecule has 1 heterocycles. The molecule has 1 atom stereocenters. The number of anilines is 1. The first-order chi connectivity index (χ1) is 15.7. The summed E-state index contributed by atoms with van der Waals surface area (Å²) in [5, 5.41) is 15.1. The summed E-state index contributed by atoms with van der Waals surface area (Å²) in [5.74, 6) is 0.557. The Hall–Kier alpha value is -2.65. The van der Waals surface area contributed by atoms with Gasteiger partial charge >= 0.3 is 0 Å². The Balaban J connectivity index is 1.64. The predicted molar refractivity (Wildman–Crippen MR) is 136 cm³/mol. The summed E-state index contributed by atoms with van der Waals surface area (Å²) in [4.78, 5) is 25.2. The number of nitrogens with zero attached hydrogens (tertiary/aromatic N) is 3. The highest BCUT2D eigenvalue weighted by Crippen LogP contribution is 2.27. The second kappa shape index (κ2) is 11.0. The number of hydrogen-bond acceptors (Lipinski definition) is 5. The number of nitrogens with one attached hydrogen (secondary N) is 2. The Morgan fingerprint density at radius 2 is 1.85 bits per heavy atom. The van der Waals surface area contributed by atoms with Crippen LogP contribution in [0.5, 0.6) is 0 Å². The lowest BCUT2D eigenvalue weighted by atomic mass is 10.1. The number of rotatable bonds is 8. The van der Waals surface area contributed by atoms with Gasteiger partial charge in [-0.1, -0.05) is 29.5 Å². The van der Waals surface area contributed by atoms with Crippen molar-refractivity contribution in [2.24, 2.45) is 0 Å². The lowest BCUT2D eigenvalue weighted by Crippen LogP contribution is -2.28. The third-order valence-corrected chi connectivity index (χ3v) is 6.89. The van der Waals surface area contributed by atoms with Gasteiger partial charge in [0.25, 0.3) is 5.91 Å². The highest BCUT2D eigenvalue weighted by Gasteiger charge is 2.20. The number of carbonyl (C=O) groups is 2. The third kappa shape index (κ3) is 6.23. The minimum Gasteiger partial charge on any atom is -0.342 e. The summed E-state index contributed by atoms with van der Waals surface area (Å²) in [6, 6.07) is 11.1. The minimum atomic E-state index is -0.333. The molecule has 3 rings (SSSR count). The molecule has 9 heteroatoms. The van der Waals surface area contributed by atoms with Gasteiger partial charge in [0.05, 0.1) is 17.5 Å². The molecule has 7 nitrogen and oxygen atoms in total. The number of carbonyl (C=O) groups excluding carboxylic acids is 2. The van der Waals surface area contributed by atoms with Crippen molar-refractivity contribution in [2.75, 3.05) is 11.1 Å². The molecule has 0 fully saturated rings. The Kier molecular flexibility index (Phi) is 8.31. The maximum atomic E-state index is 12.6. The van der Waals surface area contributed by atoms with E-state index in [-0.39, 0.29) is 23.6 Å². The summed E-state index contributed by atoms with van der Waals surface area (Å²) in [5.41, 5.74) is 4.64. The average molecular weight is 530 g/mol. The van der Waals surface area contributed by atoms with Crippen LogP contribution in [0.25, 0.3) is 0 Å². The molecule has 1 aromatic heterocycles. The van der Waals surface area contributed by atoms with Crippen molar-refractivity contribution in [1.82, 2.24) is 20.1 Å². The van der Waals surface area contributed by atoms with Gasteiger partial charge < -0.3 is 15.2 Å². The number of halogens is 1. The van der Waals surface area contributed by atoms with Crippen LogP contribution in [0.2, 0.25) is 0 Å². The topological polar surface area (TPSA) is 88.9 Å². The highest BCUT2D eigenvalue weighted by molar-refractivity contribution is 9.10. The first-order valence-electron chi connectivity index (χ1n) is 10.7. The largest absolute Gasteiger partial charge is 0.342 e. The maximum Gasteiger partial charge on any atom is 0.251 e. The van der Waals surface area contributed by atoms with E-state index >= 15 is 0 Å². The van der Waals surface area contributed by atoms with Crippen LogP contribution in [0.15, 0.2) is 46.0 Å². The Bertz CT molecular complexity index is 1180. The molecule has 2 N–H and O–H groups in total. The monoisotopic (exact) mass is 529 g/mol. The zero-order valence-corrected chi connectivity index (χ0v) is 21.8. The molecule has 0 aliphatic heterocycles. The number of benzene rings is 2. The number of hydrogen-bond donors (Lipinski definition) is 2. The van der Waals surface area contributed by atoms with E-state index < -0.39 is 0 Å². The summed E-state index contributed by atoms with van der Waals surface area (Å²) < 4.78 is 2.77. The molecule has 0 saturated heterocycles. The number of aromatic nitrogens is 3. The maximum absolute atomic E-state index is 12.6. The van der Waals surface area contributed by atoms with E-state index in [1.807, 2.05) is 69.5 Å². The molecule has 2 amide bonds. The first-order valence-corrected chi connectivity index (χ1v) is 12.5. The van der Waals surface area contributed by atoms with E-state index in [2.05, 4.69) is 36.8 Å². The molecule has 0 unspecified atom stereocenters.